The number of benzene rings is 4. The van der Waals surface area contributed by atoms with Gasteiger partial charge in [0.1, 0.15) is 10.6 Å². The summed E-state index contributed by atoms with van der Waals surface area (Å²) in [5.41, 5.74) is 1.42. The Labute approximate surface area is 234 Å². The molecule has 0 fully saturated rings. The molecule has 1 radical (unpaired) electrons. The van der Waals surface area contributed by atoms with Gasteiger partial charge in [-0.25, -0.2) is 10.4 Å². The van der Waals surface area contributed by atoms with Gasteiger partial charge in [0.05, 0.1) is 22.6 Å². The van der Waals surface area contributed by atoms with Gasteiger partial charge >= 0.3 is 0 Å². The van der Waals surface area contributed by atoms with Gasteiger partial charge in [0.15, 0.2) is 5.75 Å². The summed E-state index contributed by atoms with van der Waals surface area (Å²) in [7, 11) is -4.60. The zero-order chi connectivity index (χ0) is 24.8. The van der Waals surface area contributed by atoms with E-state index in [2.05, 4.69) is 35.9 Å². The van der Waals surface area contributed by atoms with Gasteiger partial charge in [-0.1, -0.05) is 35.4 Å². The summed E-state index contributed by atoms with van der Waals surface area (Å²) in [5.74, 6) is -0.436. The zero-order valence-electron chi connectivity index (χ0n) is 18.1. The predicted molar refractivity (Wildman–Crippen MR) is 126 cm³/mol. The molecule has 181 valence electrons. The Morgan fingerprint density at radius 1 is 0.861 bits per heavy atom. The summed E-state index contributed by atoms with van der Waals surface area (Å²) in [6.45, 7) is 0. The summed E-state index contributed by atoms with van der Waals surface area (Å²) in [6, 6.07) is 22.1. The average molecular weight is 600 g/mol. The van der Waals surface area contributed by atoms with Crippen LogP contribution in [0.2, 0.25) is 0 Å². The molecule has 36 heavy (non-hydrogen) atoms. The van der Waals surface area contributed by atoms with E-state index in [0.717, 1.165) is 0 Å². The standard InChI is InChI=1S/C22H15N4O7S2.Y/c27-22-17-7-4-8-20(35(29,30)31)18(17)13-19(34-33-32-28)21(22)26-25-16-11-9-15(10-12-16)24-23-14-5-2-1-3-6-14;/h1-11,13,27-28H,(H,29,30,31);/q-1;. The van der Waals surface area contributed by atoms with Crippen LogP contribution in [0.3, 0.4) is 0 Å². The molecule has 0 aliphatic carbocycles. The van der Waals surface area contributed by atoms with E-state index >= 15 is 0 Å². The van der Waals surface area contributed by atoms with Gasteiger partial charge in [-0.05, 0) is 35.6 Å². The molecule has 0 unspecified atom stereocenters. The van der Waals surface area contributed by atoms with E-state index in [1.54, 1.807) is 18.2 Å². The number of hydrogen-bond donors (Lipinski definition) is 3. The quantitative estimate of drug-likeness (QED) is 0.0494. The second-order valence-electron chi connectivity index (χ2n) is 6.79. The fourth-order valence-electron chi connectivity index (χ4n) is 3.03. The Kier molecular flexibility index (Phi) is 9.76. The number of nitrogens with zero attached hydrogens (tertiary/aromatic N) is 4. The van der Waals surface area contributed by atoms with E-state index in [1.165, 1.54) is 24.3 Å². The minimum Gasteiger partial charge on any atom is -0.505 e. The number of rotatable bonds is 8. The molecule has 0 atom stereocenters. The van der Waals surface area contributed by atoms with Gasteiger partial charge in [-0.3, -0.25) is 4.55 Å². The first-order valence-electron chi connectivity index (χ1n) is 9.68. The van der Waals surface area contributed by atoms with Crippen molar-refractivity contribution in [1.29, 1.82) is 0 Å². The molecule has 0 aromatic heterocycles. The number of azo groups is 2. The van der Waals surface area contributed by atoms with Crippen LogP contribution >= 0.6 is 12.0 Å². The third-order valence-corrected chi connectivity index (χ3v) is 6.09. The first-order chi connectivity index (χ1) is 16.9. The molecule has 4 rings (SSSR count). The van der Waals surface area contributed by atoms with Crippen LogP contribution in [0, 0.1) is 6.07 Å². The van der Waals surface area contributed by atoms with Crippen LogP contribution in [0.15, 0.2) is 103 Å². The smallest absolute Gasteiger partial charge is 0.295 e. The van der Waals surface area contributed by atoms with Crippen LogP contribution in [-0.2, 0) is 52.2 Å². The molecular formula is C22H15N4O7S2Y-. The molecule has 0 aliphatic rings. The van der Waals surface area contributed by atoms with Crippen molar-refractivity contribution >= 4 is 55.7 Å². The number of hydrogen-bond acceptors (Lipinski definition) is 11. The summed E-state index contributed by atoms with van der Waals surface area (Å²) in [5, 5.41) is 39.3. The summed E-state index contributed by atoms with van der Waals surface area (Å²) in [6.07, 6.45) is 0. The van der Waals surface area contributed by atoms with Crippen molar-refractivity contribution in [2.45, 2.75) is 9.79 Å². The summed E-state index contributed by atoms with van der Waals surface area (Å²) < 4.78 is 37.4. The molecule has 0 aliphatic heterocycles. The molecule has 4 aromatic carbocycles. The number of fused-ring (bicyclic) bond motifs is 1. The molecule has 0 heterocycles. The van der Waals surface area contributed by atoms with Gasteiger partial charge in [-0.15, -0.1) is 27.6 Å². The third-order valence-electron chi connectivity index (χ3n) is 4.56. The van der Waals surface area contributed by atoms with Crippen molar-refractivity contribution < 1.29 is 65.4 Å². The van der Waals surface area contributed by atoms with Crippen molar-refractivity contribution in [2.75, 3.05) is 0 Å². The van der Waals surface area contributed by atoms with E-state index in [1.807, 2.05) is 30.3 Å². The summed E-state index contributed by atoms with van der Waals surface area (Å²) in [4.78, 5) is -0.397. The molecule has 11 nitrogen and oxygen atoms in total. The molecule has 4 aromatic rings. The minimum absolute atomic E-state index is 0. The van der Waals surface area contributed by atoms with Crippen LogP contribution < -0.4 is 0 Å². The number of phenolic OH excluding ortho intramolecular Hbond substituents is 1. The molecule has 0 spiro atoms. The molecule has 0 saturated heterocycles. The van der Waals surface area contributed by atoms with E-state index < -0.39 is 20.8 Å². The van der Waals surface area contributed by atoms with Gasteiger partial charge in [0, 0.05) is 43.5 Å². The topological polar surface area (TPSA) is 163 Å². The largest absolute Gasteiger partial charge is 0.505 e. The predicted octanol–water partition coefficient (Wildman–Crippen LogP) is 6.85. The zero-order valence-corrected chi connectivity index (χ0v) is 22.6. The molecular weight excluding hydrogens is 585 g/mol. The van der Waals surface area contributed by atoms with Crippen LogP contribution in [0.5, 0.6) is 5.75 Å². The van der Waals surface area contributed by atoms with E-state index in [-0.39, 0.29) is 54.1 Å². The SMILES string of the molecule is O=S(=O)(O)c1cccc2c(O)c(N=Nc3[c-]cc(N=Nc4ccccc4)cc3)c(SOOO)cc12.[Y]. The maximum atomic E-state index is 11.7. The molecule has 0 amide bonds. The first-order valence-corrected chi connectivity index (χ1v) is 11.9. The Morgan fingerprint density at radius 3 is 2.28 bits per heavy atom. The first kappa shape index (κ1) is 28.0. The van der Waals surface area contributed by atoms with Gasteiger partial charge in [-0.2, -0.15) is 24.7 Å². The molecule has 3 N–H and O–H groups in total. The van der Waals surface area contributed by atoms with Crippen LogP contribution in [0.1, 0.15) is 0 Å². The fourth-order valence-corrected chi connectivity index (χ4v) is 4.21. The fraction of sp³-hybridized carbons (Fsp3) is 0. The Balaban J connectivity index is 0.00000361. The maximum Gasteiger partial charge on any atom is 0.295 e. The van der Waals surface area contributed by atoms with Gasteiger partial charge in [0.2, 0.25) is 0 Å². The maximum absolute atomic E-state index is 11.7. The normalized spacial score (nSPS) is 11.8. The van der Waals surface area contributed by atoms with E-state index in [9.17, 15) is 18.1 Å². The van der Waals surface area contributed by atoms with Crippen LogP contribution in [0.4, 0.5) is 22.7 Å². The van der Waals surface area contributed by atoms with Crippen LogP contribution in [-0.4, -0.2) is 23.3 Å². The van der Waals surface area contributed by atoms with Crippen molar-refractivity contribution in [2.24, 2.45) is 20.5 Å². The minimum atomic E-state index is -4.60. The van der Waals surface area contributed by atoms with E-state index in [0.29, 0.717) is 29.1 Å². The van der Waals surface area contributed by atoms with Gasteiger partial charge in [0.25, 0.3) is 10.1 Å². The summed E-state index contributed by atoms with van der Waals surface area (Å²) >= 11 is 0.437. The second-order valence-corrected chi connectivity index (χ2v) is 8.92. The molecule has 14 heteroatoms. The molecule has 0 bridgehead atoms. The van der Waals surface area contributed by atoms with Gasteiger partial charge < -0.3 is 5.11 Å². The number of phenols is 1. The average Bonchev–Trinajstić information content (AvgIpc) is 2.86. The monoisotopic (exact) mass is 600 g/mol. The third kappa shape index (κ3) is 6.78. The van der Waals surface area contributed by atoms with Crippen molar-refractivity contribution in [3.05, 3.63) is 78.9 Å². The Bertz CT molecular complexity index is 1520. The Hall–Kier alpha value is -2.62. The number of aromatic hydroxyl groups is 1. The van der Waals surface area contributed by atoms with Crippen molar-refractivity contribution in [3.8, 4) is 5.75 Å². The van der Waals surface area contributed by atoms with Crippen molar-refractivity contribution in [1.82, 2.24) is 0 Å². The van der Waals surface area contributed by atoms with E-state index in [4.69, 9.17) is 5.26 Å². The second kappa shape index (κ2) is 12.6. The Morgan fingerprint density at radius 2 is 1.61 bits per heavy atom. The molecule has 0 saturated carbocycles. The van der Waals surface area contributed by atoms with Crippen LogP contribution in [0.25, 0.3) is 10.8 Å². The van der Waals surface area contributed by atoms with Crippen molar-refractivity contribution in [3.63, 3.8) is 0 Å².